The second-order valence-corrected chi connectivity index (χ2v) is 6.97. The summed E-state index contributed by atoms with van der Waals surface area (Å²) in [7, 11) is 2.88. The van der Waals surface area contributed by atoms with Gasteiger partial charge in [-0.15, -0.1) is 0 Å². The number of carbonyl (C=O) groups is 1. The predicted octanol–water partition coefficient (Wildman–Crippen LogP) is 2.53. The molecule has 0 bridgehead atoms. The number of carbonyl (C=O) groups excluding carboxylic acids is 1. The zero-order valence-electron chi connectivity index (χ0n) is 18.5. The van der Waals surface area contributed by atoms with E-state index in [0.717, 1.165) is 6.07 Å². The Morgan fingerprint density at radius 1 is 1.18 bits per heavy atom. The molecule has 174 valence electrons. The van der Waals surface area contributed by atoms with Crippen LogP contribution in [0.2, 0.25) is 0 Å². The molecule has 11 heteroatoms. The van der Waals surface area contributed by atoms with Crippen LogP contribution in [0.4, 0.5) is 5.69 Å². The molecule has 0 saturated carbocycles. The molecular formula is C22H24N4O7. The number of H-pyrrole nitrogens is 1. The van der Waals surface area contributed by atoms with Crippen molar-refractivity contribution in [2.24, 2.45) is 0 Å². The lowest BCUT2D eigenvalue weighted by atomic mass is 10.1. The second-order valence-electron chi connectivity index (χ2n) is 6.97. The van der Waals surface area contributed by atoms with Gasteiger partial charge in [-0.1, -0.05) is 12.1 Å². The molecule has 0 aliphatic rings. The summed E-state index contributed by atoms with van der Waals surface area (Å²) in [6.45, 7) is 2.34. The van der Waals surface area contributed by atoms with Gasteiger partial charge in [-0.25, -0.2) is 4.98 Å². The molecule has 33 heavy (non-hydrogen) atoms. The van der Waals surface area contributed by atoms with Gasteiger partial charge in [0, 0.05) is 19.7 Å². The van der Waals surface area contributed by atoms with Gasteiger partial charge >= 0.3 is 0 Å². The summed E-state index contributed by atoms with van der Waals surface area (Å²) in [6.07, 6.45) is 0. The van der Waals surface area contributed by atoms with Crippen molar-refractivity contribution in [3.63, 3.8) is 0 Å². The van der Waals surface area contributed by atoms with Crippen LogP contribution in [0.1, 0.15) is 23.1 Å². The second kappa shape index (κ2) is 10.6. The van der Waals surface area contributed by atoms with Gasteiger partial charge in [-0.2, -0.15) is 0 Å². The Bertz CT molecular complexity index is 1230. The van der Waals surface area contributed by atoms with Crippen LogP contribution >= 0.6 is 0 Å². The van der Waals surface area contributed by atoms with Crippen molar-refractivity contribution in [1.29, 1.82) is 0 Å². The molecule has 0 spiro atoms. The summed E-state index contributed by atoms with van der Waals surface area (Å²) in [4.78, 5) is 45.1. The van der Waals surface area contributed by atoms with Crippen LogP contribution in [0.3, 0.4) is 0 Å². The van der Waals surface area contributed by atoms with E-state index in [-0.39, 0.29) is 54.7 Å². The van der Waals surface area contributed by atoms with Crippen molar-refractivity contribution >= 4 is 22.5 Å². The SMILES string of the molecule is CCN(Cc1nc2ccccc2c(=O)[nH]1)C(=O)c1cc(OC)c(OCCOC)cc1[N+](=O)[O-]. The summed E-state index contributed by atoms with van der Waals surface area (Å²) in [5.74, 6) is -0.0421. The quantitative estimate of drug-likeness (QED) is 0.279. The summed E-state index contributed by atoms with van der Waals surface area (Å²) in [6, 6.07) is 9.28. The fraction of sp³-hybridized carbons (Fsp3) is 0.318. The minimum absolute atomic E-state index is 0.0407. The monoisotopic (exact) mass is 456 g/mol. The van der Waals surface area contributed by atoms with E-state index < -0.39 is 16.5 Å². The Labute approximate surface area is 189 Å². The number of nitrogens with one attached hydrogen (secondary N) is 1. The molecule has 1 aromatic heterocycles. The van der Waals surface area contributed by atoms with Crippen molar-refractivity contribution < 1.29 is 23.9 Å². The van der Waals surface area contributed by atoms with Gasteiger partial charge < -0.3 is 24.1 Å². The van der Waals surface area contributed by atoms with Gasteiger partial charge in [0.1, 0.15) is 18.0 Å². The van der Waals surface area contributed by atoms with Gasteiger partial charge in [0.2, 0.25) is 0 Å². The lowest BCUT2D eigenvalue weighted by molar-refractivity contribution is -0.385. The topological polar surface area (TPSA) is 137 Å². The molecule has 11 nitrogen and oxygen atoms in total. The first-order valence-electron chi connectivity index (χ1n) is 10.1. The maximum absolute atomic E-state index is 13.3. The predicted molar refractivity (Wildman–Crippen MR) is 120 cm³/mol. The first kappa shape index (κ1) is 23.7. The highest BCUT2D eigenvalue weighted by molar-refractivity contribution is 5.99. The van der Waals surface area contributed by atoms with Crippen molar-refractivity contribution in [2.45, 2.75) is 13.5 Å². The number of ether oxygens (including phenoxy) is 3. The van der Waals surface area contributed by atoms with Gasteiger partial charge in [0.25, 0.3) is 17.2 Å². The molecule has 0 aliphatic carbocycles. The Balaban J connectivity index is 1.96. The van der Waals surface area contributed by atoms with E-state index in [2.05, 4.69) is 9.97 Å². The van der Waals surface area contributed by atoms with E-state index in [4.69, 9.17) is 14.2 Å². The van der Waals surface area contributed by atoms with Crippen molar-refractivity contribution in [1.82, 2.24) is 14.9 Å². The summed E-state index contributed by atoms with van der Waals surface area (Å²) >= 11 is 0. The van der Waals surface area contributed by atoms with E-state index in [9.17, 15) is 19.7 Å². The van der Waals surface area contributed by atoms with E-state index in [1.165, 1.54) is 25.2 Å². The highest BCUT2D eigenvalue weighted by atomic mass is 16.6. The zero-order valence-corrected chi connectivity index (χ0v) is 18.5. The summed E-state index contributed by atoms with van der Waals surface area (Å²) in [5, 5.41) is 12.2. The largest absolute Gasteiger partial charge is 0.493 e. The Morgan fingerprint density at radius 2 is 1.94 bits per heavy atom. The number of benzene rings is 2. The molecule has 0 radical (unpaired) electrons. The van der Waals surface area contributed by atoms with Gasteiger partial charge in [0.05, 0.1) is 42.2 Å². The van der Waals surface area contributed by atoms with Gasteiger partial charge in [0.15, 0.2) is 11.5 Å². The molecule has 3 rings (SSSR count). The third kappa shape index (κ3) is 5.26. The first-order chi connectivity index (χ1) is 15.9. The molecule has 0 unspecified atom stereocenters. The average Bonchev–Trinajstić information content (AvgIpc) is 2.81. The lowest BCUT2D eigenvalue weighted by Crippen LogP contribution is -2.32. The number of amides is 1. The van der Waals surface area contributed by atoms with Crippen LogP contribution < -0.4 is 15.0 Å². The van der Waals surface area contributed by atoms with E-state index >= 15 is 0 Å². The number of nitro benzene ring substituents is 1. The molecule has 0 fully saturated rings. The minimum atomic E-state index is -0.653. The molecule has 0 atom stereocenters. The highest BCUT2D eigenvalue weighted by Crippen LogP contribution is 2.35. The maximum Gasteiger partial charge on any atom is 0.286 e. The molecule has 2 aromatic carbocycles. The van der Waals surface area contributed by atoms with Crippen molar-refractivity contribution in [3.05, 3.63) is 68.3 Å². The smallest absolute Gasteiger partial charge is 0.286 e. The van der Waals surface area contributed by atoms with E-state index in [1.54, 1.807) is 31.2 Å². The number of para-hydroxylation sites is 1. The summed E-state index contributed by atoms with van der Waals surface area (Å²) < 4.78 is 15.7. The molecule has 0 saturated heterocycles. The minimum Gasteiger partial charge on any atom is -0.493 e. The molecule has 1 amide bonds. The normalized spacial score (nSPS) is 10.8. The number of hydrogen-bond donors (Lipinski definition) is 1. The Hall–Kier alpha value is -3.99. The van der Waals surface area contributed by atoms with Gasteiger partial charge in [-0.05, 0) is 19.1 Å². The number of fused-ring (bicyclic) bond motifs is 1. The maximum atomic E-state index is 13.3. The molecule has 1 heterocycles. The number of nitrogens with zero attached hydrogens (tertiary/aromatic N) is 3. The van der Waals surface area contributed by atoms with Crippen LogP contribution in [0.5, 0.6) is 11.5 Å². The summed E-state index contributed by atoms with van der Waals surface area (Å²) in [5.41, 5.74) is -0.429. The standard InChI is InChI=1S/C22H24N4O7/c1-4-25(13-20-23-16-8-6-5-7-14(16)21(27)24-20)22(28)15-11-18(32-3)19(33-10-9-31-2)12-17(15)26(29)30/h5-8,11-12H,4,9-10,13H2,1-3H3,(H,23,24,27). The third-order valence-electron chi connectivity index (χ3n) is 4.93. The number of hydrogen-bond acceptors (Lipinski definition) is 8. The van der Waals surface area contributed by atoms with E-state index in [1.807, 2.05) is 0 Å². The van der Waals surface area contributed by atoms with Crippen molar-refractivity contribution in [2.75, 3.05) is 34.0 Å². The van der Waals surface area contributed by atoms with Crippen LogP contribution in [-0.2, 0) is 11.3 Å². The van der Waals surface area contributed by atoms with E-state index in [0.29, 0.717) is 10.9 Å². The van der Waals surface area contributed by atoms with Crippen molar-refractivity contribution in [3.8, 4) is 11.5 Å². The number of nitro groups is 1. The zero-order chi connectivity index (χ0) is 24.0. The van der Waals surface area contributed by atoms with Crippen LogP contribution in [-0.4, -0.2) is 59.7 Å². The molecule has 3 aromatic rings. The first-order valence-corrected chi connectivity index (χ1v) is 10.1. The van der Waals surface area contributed by atoms with Gasteiger partial charge in [-0.3, -0.25) is 19.7 Å². The average molecular weight is 456 g/mol. The van der Waals surface area contributed by atoms with Crippen LogP contribution in [0.15, 0.2) is 41.2 Å². The number of rotatable bonds is 10. The van der Waals surface area contributed by atoms with Crippen LogP contribution in [0.25, 0.3) is 10.9 Å². The lowest BCUT2D eigenvalue weighted by Gasteiger charge is -2.21. The Morgan fingerprint density at radius 3 is 2.61 bits per heavy atom. The molecule has 0 aliphatic heterocycles. The molecular weight excluding hydrogens is 432 g/mol. The highest BCUT2D eigenvalue weighted by Gasteiger charge is 2.28. The fourth-order valence-corrected chi connectivity index (χ4v) is 3.27. The Kier molecular flexibility index (Phi) is 7.57. The number of methoxy groups -OCH3 is 2. The third-order valence-corrected chi connectivity index (χ3v) is 4.93. The number of aromatic amines is 1. The van der Waals surface area contributed by atoms with Crippen LogP contribution in [0, 0.1) is 10.1 Å². The molecule has 1 N–H and O–H groups in total. The fourth-order valence-electron chi connectivity index (χ4n) is 3.27. The number of aromatic nitrogens is 2.